The molecule has 0 unspecified atom stereocenters. The summed E-state index contributed by atoms with van der Waals surface area (Å²) in [5, 5.41) is 23.0. The third-order valence-corrected chi connectivity index (χ3v) is 0. The topological polar surface area (TPSA) is 216 Å². The van der Waals surface area contributed by atoms with Gasteiger partial charge in [0, 0.05) is 0 Å². The van der Waals surface area contributed by atoms with Crippen LogP contribution in [0, 0.1) is 0 Å². The molecule has 0 aliphatic carbocycles. The Morgan fingerprint density at radius 2 is 0.929 bits per heavy atom. The Balaban J connectivity index is -0.0000000535. The van der Waals surface area contributed by atoms with Crippen LogP contribution < -0.4 is 10.3 Å². The minimum atomic E-state index is -4.42. The van der Waals surface area contributed by atoms with Crippen LogP contribution in [0.2, 0.25) is 0 Å². The van der Waals surface area contributed by atoms with E-state index < -0.39 is 20.6 Å². The van der Waals surface area contributed by atoms with E-state index in [9.17, 15) is 0 Å². The van der Waals surface area contributed by atoms with Crippen molar-refractivity contribution in [2.75, 3.05) is 0 Å². The molecule has 0 amide bonds. The van der Waals surface area contributed by atoms with E-state index in [-0.39, 0.29) is 16.5 Å². The Bertz CT molecular complexity index is 230. The van der Waals surface area contributed by atoms with E-state index in [0.29, 0.717) is 0 Å². The van der Waals surface area contributed by atoms with Crippen molar-refractivity contribution in [1.29, 1.82) is 0 Å². The van der Waals surface area contributed by atoms with Gasteiger partial charge >= 0.3 is 16.5 Å². The fourth-order valence-corrected chi connectivity index (χ4v) is 0. The normalized spacial score (nSPS) is 9.57. The van der Waals surface area contributed by atoms with Crippen LogP contribution in [0.5, 0.6) is 0 Å². The van der Waals surface area contributed by atoms with Crippen molar-refractivity contribution in [1.82, 2.24) is 0 Å². The summed E-state index contributed by atoms with van der Waals surface area (Å²) in [5.41, 5.74) is 0. The van der Waals surface area contributed by atoms with E-state index in [4.69, 9.17) is 36.5 Å². The molecule has 14 heavy (non-hydrogen) atoms. The Labute approximate surface area is 89.2 Å². The molecule has 0 rings (SSSR count). The van der Waals surface area contributed by atoms with Crippen LogP contribution >= 0.6 is 0 Å². The zero-order valence-corrected chi connectivity index (χ0v) is 8.66. The molecule has 0 aliphatic rings. The molecule has 0 heterocycles. The average molecular weight is 301 g/mol. The standard InChI is InChI=1S/2H3NO3S.Ni.H2O3/c2*1-5(2,3)4;;1-3-2/h2*(H3,1,2,3,4);;1-2H/q;;+2;/p-2. The van der Waals surface area contributed by atoms with Crippen molar-refractivity contribution in [3.63, 3.8) is 0 Å². The van der Waals surface area contributed by atoms with Crippen molar-refractivity contribution in [2.24, 2.45) is 10.3 Å². The maximum absolute atomic E-state index is 8.85. The number of rotatable bonds is 0. The SMILES string of the molecule is NS(=O)(=O)[O-].NS(=O)(=O)[O-].OOO.[Ni+2]. The third-order valence-electron chi connectivity index (χ3n) is 0. The smallest absolute Gasteiger partial charge is 0.736 e. The summed E-state index contributed by atoms with van der Waals surface area (Å²) in [6.45, 7) is 0. The summed E-state index contributed by atoms with van der Waals surface area (Å²) in [5.74, 6) is 0. The van der Waals surface area contributed by atoms with Crippen molar-refractivity contribution in [3.05, 3.63) is 0 Å². The van der Waals surface area contributed by atoms with E-state index in [0.717, 1.165) is 0 Å². The molecule has 0 aromatic rings. The molecule has 0 aromatic carbocycles. The van der Waals surface area contributed by atoms with Gasteiger partial charge in [-0.25, -0.2) is 37.6 Å². The summed E-state index contributed by atoms with van der Waals surface area (Å²) in [7, 11) is -8.83. The van der Waals surface area contributed by atoms with Crippen LogP contribution in [0.3, 0.4) is 0 Å². The van der Waals surface area contributed by atoms with E-state index in [2.05, 4.69) is 15.3 Å². The van der Waals surface area contributed by atoms with Crippen molar-refractivity contribution < 1.29 is 58.0 Å². The molecular formula is H6N2NiO9S2. The summed E-state index contributed by atoms with van der Waals surface area (Å²) in [6, 6.07) is 0. The number of nitrogens with two attached hydrogens (primary N) is 2. The zero-order chi connectivity index (χ0) is 11.7. The molecule has 92 valence electrons. The van der Waals surface area contributed by atoms with E-state index >= 15 is 0 Å². The van der Waals surface area contributed by atoms with Crippen LogP contribution in [0.25, 0.3) is 0 Å². The maximum atomic E-state index is 8.85. The van der Waals surface area contributed by atoms with Crippen LogP contribution in [-0.4, -0.2) is 36.5 Å². The van der Waals surface area contributed by atoms with Gasteiger partial charge in [-0.2, -0.15) is 0 Å². The van der Waals surface area contributed by atoms with Gasteiger partial charge in [0.2, 0.25) is 0 Å². The van der Waals surface area contributed by atoms with Crippen LogP contribution in [0.15, 0.2) is 0 Å². The van der Waals surface area contributed by atoms with Crippen molar-refractivity contribution in [2.45, 2.75) is 0 Å². The predicted octanol–water partition coefficient (Wildman–Crippen LogP) is -3.24. The van der Waals surface area contributed by atoms with Gasteiger partial charge in [-0.05, 0) is 0 Å². The van der Waals surface area contributed by atoms with Gasteiger partial charge < -0.3 is 9.11 Å². The van der Waals surface area contributed by atoms with Crippen molar-refractivity contribution in [3.8, 4) is 0 Å². The second-order valence-electron chi connectivity index (χ2n) is 1.07. The molecule has 0 bridgehead atoms. The molecule has 0 radical (unpaired) electrons. The first-order chi connectivity index (χ1) is 5.41. The monoisotopic (exact) mass is 300 g/mol. The second-order valence-corrected chi connectivity index (χ2v) is 3.04. The minimum absolute atomic E-state index is 0. The largest absolute Gasteiger partial charge is 2.00 e. The van der Waals surface area contributed by atoms with Crippen LogP contribution in [-0.2, 0) is 42.1 Å². The molecular weight excluding hydrogens is 295 g/mol. The molecule has 0 spiro atoms. The first-order valence-corrected chi connectivity index (χ1v) is 4.78. The molecule has 0 fully saturated rings. The Morgan fingerprint density at radius 3 is 0.929 bits per heavy atom. The molecule has 0 aliphatic heterocycles. The molecule has 14 heteroatoms. The quantitative estimate of drug-likeness (QED) is 0.152. The first-order valence-electron chi connectivity index (χ1n) is 1.84. The fraction of sp³-hybridized carbons (Fsp3) is 0. The van der Waals surface area contributed by atoms with Gasteiger partial charge in [0.25, 0.3) is 0 Å². The van der Waals surface area contributed by atoms with E-state index in [1.807, 2.05) is 0 Å². The van der Waals surface area contributed by atoms with E-state index in [1.165, 1.54) is 0 Å². The third kappa shape index (κ3) is 116000. The van der Waals surface area contributed by atoms with Crippen molar-refractivity contribution >= 4 is 20.6 Å². The molecule has 0 saturated carbocycles. The average Bonchev–Trinajstić information content (AvgIpc) is 1.52. The Hall–Kier alpha value is 0.114. The number of hydrogen-bond donors (Lipinski definition) is 4. The minimum Gasteiger partial charge on any atom is -0.736 e. The summed E-state index contributed by atoms with van der Waals surface area (Å²) in [4.78, 5) is 0. The first kappa shape index (κ1) is 23.7. The summed E-state index contributed by atoms with van der Waals surface area (Å²) < 4.78 is 53.1. The zero-order valence-electron chi connectivity index (χ0n) is 6.04. The predicted molar refractivity (Wildman–Crippen MR) is 34.1 cm³/mol. The molecule has 0 saturated heterocycles. The maximum Gasteiger partial charge on any atom is 2.00 e. The molecule has 11 nitrogen and oxygen atoms in total. The molecule has 0 atom stereocenters. The van der Waals surface area contributed by atoms with Gasteiger partial charge in [-0.15, -0.1) is 0 Å². The van der Waals surface area contributed by atoms with Gasteiger partial charge in [-0.1, -0.05) is 5.04 Å². The van der Waals surface area contributed by atoms with E-state index in [1.54, 1.807) is 0 Å². The number of hydrogen-bond acceptors (Lipinski definition) is 9. The van der Waals surface area contributed by atoms with Gasteiger partial charge in [0.15, 0.2) is 20.6 Å². The second kappa shape index (κ2) is 11.2. The Kier molecular flexibility index (Phi) is 19.0. The fourth-order valence-electron chi connectivity index (χ4n) is 0. The van der Waals surface area contributed by atoms with Crippen LogP contribution in [0.4, 0.5) is 0 Å². The molecule has 6 N–H and O–H groups in total. The van der Waals surface area contributed by atoms with Crippen LogP contribution in [0.1, 0.15) is 0 Å². The summed E-state index contributed by atoms with van der Waals surface area (Å²) in [6.07, 6.45) is 0. The summed E-state index contributed by atoms with van der Waals surface area (Å²) >= 11 is 0. The van der Waals surface area contributed by atoms with Gasteiger partial charge in [0.1, 0.15) is 0 Å². The van der Waals surface area contributed by atoms with Gasteiger partial charge in [0.05, 0.1) is 0 Å². The van der Waals surface area contributed by atoms with Gasteiger partial charge in [-0.3, -0.25) is 0 Å². The molecule has 0 aromatic heterocycles. The Morgan fingerprint density at radius 1 is 0.929 bits per heavy atom.